The molecular weight excluding hydrogens is 268 g/mol. The molecule has 3 nitrogen and oxygen atoms in total. The van der Waals surface area contributed by atoms with E-state index in [1.54, 1.807) is 7.11 Å². The molecule has 0 saturated heterocycles. The van der Waals surface area contributed by atoms with Gasteiger partial charge in [-0.05, 0) is 17.7 Å². The van der Waals surface area contributed by atoms with Crippen molar-refractivity contribution >= 4 is 11.8 Å². The summed E-state index contributed by atoms with van der Waals surface area (Å²) < 4.78 is 5.31. The first-order valence-corrected chi connectivity index (χ1v) is 7.19. The van der Waals surface area contributed by atoms with Crippen LogP contribution in [-0.4, -0.2) is 12.9 Å². The molecule has 102 valence electrons. The first-order chi connectivity index (χ1) is 9.69. The summed E-state index contributed by atoms with van der Waals surface area (Å²) in [7, 11) is 1.64. The fourth-order valence-electron chi connectivity index (χ4n) is 1.85. The van der Waals surface area contributed by atoms with Gasteiger partial charge in [-0.2, -0.15) is 5.26 Å². The van der Waals surface area contributed by atoms with E-state index < -0.39 is 5.54 Å². The fourth-order valence-corrected chi connectivity index (χ4v) is 2.93. The lowest BCUT2D eigenvalue weighted by atomic mass is 9.95. The lowest BCUT2D eigenvalue weighted by Crippen LogP contribution is -2.37. The fraction of sp³-hybridized carbons (Fsp3) is 0.188. The van der Waals surface area contributed by atoms with Crippen LogP contribution in [0.3, 0.4) is 0 Å². The van der Waals surface area contributed by atoms with Crippen molar-refractivity contribution in [1.82, 2.24) is 0 Å². The van der Waals surface area contributed by atoms with E-state index in [1.807, 2.05) is 54.6 Å². The summed E-state index contributed by atoms with van der Waals surface area (Å²) in [6.07, 6.45) is 0. The second-order valence-electron chi connectivity index (χ2n) is 4.39. The molecule has 0 heterocycles. The Kier molecular flexibility index (Phi) is 4.67. The molecule has 0 bridgehead atoms. The zero-order chi connectivity index (χ0) is 14.4. The molecule has 0 radical (unpaired) electrons. The highest BCUT2D eigenvalue weighted by atomic mass is 32.2. The van der Waals surface area contributed by atoms with Crippen molar-refractivity contribution in [1.29, 1.82) is 5.26 Å². The van der Waals surface area contributed by atoms with E-state index in [2.05, 4.69) is 6.07 Å². The third kappa shape index (κ3) is 3.13. The second-order valence-corrected chi connectivity index (χ2v) is 5.41. The highest BCUT2D eigenvalue weighted by Crippen LogP contribution is 2.33. The van der Waals surface area contributed by atoms with Crippen molar-refractivity contribution < 1.29 is 4.74 Å². The van der Waals surface area contributed by atoms with Crippen LogP contribution in [0.2, 0.25) is 0 Å². The molecule has 0 spiro atoms. The van der Waals surface area contributed by atoms with Crippen LogP contribution >= 0.6 is 11.8 Å². The third-order valence-corrected chi connectivity index (χ3v) is 4.26. The number of ether oxygens (including phenoxy) is 1. The van der Waals surface area contributed by atoms with Gasteiger partial charge in [0.2, 0.25) is 0 Å². The molecule has 0 saturated carbocycles. The first-order valence-electron chi connectivity index (χ1n) is 6.21. The van der Waals surface area contributed by atoms with Crippen molar-refractivity contribution in [2.45, 2.75) is 10.4 Å². The van der Waals surface area contributed by atoms with E-state index in [4.69, 9.17) is 10.5 Å². The summed E-state index contributed by atoms with van der Waals surface area (Å²) in [4.78, 5) is 0.982. The van der Waals surface area contributed by atoms with Gasteiger partial charge >= 0.3 is 0 Å². The number of nitrogens with zero attached hydrogens (tertiary/aromatic N) is 1. The topological polar surface area (TPSA) is 59.0 Å². The third-order valence-electron chi connectivity index (χ3n) is 3.01. The summed E-state index contributed by atoms with van der Waals surface area (Å²) in [5.74, 6) is 1.26. The van der Waals surface area contributed by atoms with Gasteiger partial charge in [0.05, 0.1) is 13.2 Å². The molecule has 0 aliphatic carbocycles. The van der Waals surface area contributed by atoms with E-state index in [1.165, 1.54) is 11.8 Å². The number of methoxy groups -OCH3 is 1. The molecule has 0 aliphatic heterocycles. The normalized spacial score (nSPS) is 13.2. The van der Waals surface area contributed by atoms with Crippen molar-refractivity contribution in [2.75, 3.05) is 12.9 Å². The maximum absolute atomic E-state index is 9.42. The van der Waals surface area contributed by atoms with Gasteiger partial charge in [-0.1, -0.05) is 42.5 Å². The average molecular weight is 284 g/mol. The molecule has 20 heavy (non-hydrogen) atoms. The van der Waals surface area contributed by atoms with Crippen LogP contribution < -0.4 is 10.5 Å². The molecule has 0 aromatic heterocycles. The first kappa shape index (κ1) is 14.4. The highest BCUT2D eigenvalue weighted by Gasteiger charge is 2.27. The lowest BCUT2D eigenvalue weighted by Gasteiger charge is -2.22. The Morgan fingerprint density at radius 3 is 2.45 bits per heavy atom. The number of rotatable bonds is 5. The van der Waals surface area contributed by atoms with Crippen molar-refractivity contribution in [3.63, 3.8) is 0 Å². The Morgan fingerprint density at radius 1 is 1.15 bits per heavy atom. The molecule has 1 unspecified atom stereocenters. The van der Waals surface area contributed by atoms with Crippen LogP contribution in [0.15, 0.2) is 59.5 Å². The lowest BCUT2D eigenvalue weighted by molar-refractivity contribution is 0.405. The predicted molar refractivity (Wildman–Crippen MR) is 81.6 cm³/mol. The van der Waals surface area contributed by atoms with Gasteiger partial charge in [0.1, 0.15) is 11.3 Å². The molecular formula is C16H16N2OS. The number of hydrogen-bond acceptors (Lipinski definition) is 4. The Hall–Kier alpha value is -1.96. The van der Waals surface area contributed by atoms with Gasteiger partial charge < -0.3 is 10.5 Å². The molecule has 2 aromatic rings. The highest BCUT2D eigenvalue weighted by molar-refractivity contribution is 7.99. The van der Waals surface area contributed by atoms with Gasteiger partial charge in [0, 0.05) is 10.6 Å². The SMILES string of the molecule is COc1ccccc1SCC(N)(C#N)c1ccccc1. The van der Waals surface area contributed by atoms with Crippen LogP contribution in [0.5, 0.6) is 5.75 Å². The zero-order valence-corrected chi connectivity index (χ0v) is 12.1. The number of benzene rings is 2. The Bertz CT molecular complexity index is 609. The van der Waals surface area contributed by atoms with E-state index in [0.29, 0.717) is 5.75 Å². The summed E-state index contributed by atoms with van der Waals surface area (Å²) in [5.41, 5.74) is 6.05. The van der Waals surface area contributed by atoms with Crippen molar-refractivity contribution in [2.24, 2.45) is 5.73 Å². The minimum Gasteiger partial charge on any atom is -0.496 e. The van der Waals surface area contributed by atoms with E-state index >= 15 is 0 Å². The summed E-state index contributed by atoms with van der Waals surface area (Å²) in [6, 6.07) is 19.4. The summed E-state index contributed by atoms with van der Waals surface area (Å²) in [6.45, 7) is 0. The van der Waals surface area contributed by atoms with Gasteiger partial charge in [-0.3, -0.25) is 0 Å². The second kappa shape index (κ2) is 6.47. The maximum Gasteiger partial charge on any atom is 0.139 e. The number of nitriles is 1. The summed E-state index contributed by atoms with van der Waals surface area (Å²) >= 11 is 1.53. The standard InChI is InChI=1S/C16H16N2OS/c1-19-14-9-5-6-10-15(14)20-12-16(18,11-17)13-7-3-2-4-8-13/h2-10H,12,18H2,1H3. The quantitative estimate of drug-likeness (QED) is 0.857. The minimum absolute atomic E-state index is 0.466. The smallest absolute Gasteiger partial charge is 0.139 e. The minimum atomic E-state index is -1.01. The Morgan fingerprint density at radius 2 is 1.80 bits per heavy atom. The van der Waals surface area contributed by atoms with Gasteiger partial charge in [0.15, 0.2) is 0 Å². The molecule has 0 fully saturated rings. The Labute approximate surface area is 123 Å². The van der Waals surface area contributed by atoms with E-state index in [0.717, 1.165) is 16.2 Å². The van der Waals surface area contributed by atoms with Crippen LogP contribution in [0.4, 0.5) is 0 Å². The predicted octanol–water partition coefficient (Wildman–Crippen LogP) is 3.17. The van der Waals surface area contributed by atoms with Gasteiger partial charge in [-0.15, -0.1) is 11.8 Å². The number of para-hydroxylation sites is 1. The molecule has 0 aliphatic rings. The van der Waals surface area contributed by atoms with Gasteiger partial charge in [0.25, 0.3) is 0 Å². The van der Waals surface area contributed by atoms with Gasteiger partial charge in [-0.25, -0.2) is 0 Å². The molecule has 2 aromatic carbocycles. The molecule has 4 heteroatoms. The molecule has 2 N–H and O–H groups in total. The molecule has 2 rings (SSSR count). The van der Waals surface area contributed by atoms with Crippen LogP contribution in [0.1, 0.15) is 5.56 Å². The van der Waals surface area contributed by atoms with Crippen LogP contribution in [0.25, 0.3) is 0 Å². The van der Waals surface area contributed by atoms with E-state index in [-0.39, 0.29) is 0 Å². The number of hydrogen-bond donors (Lipinski definition) is 1. The van der Waals surface area contributed by atoms with Crippen LogP contribution in [-0.2, 0) is 5.54 Å². The monoisotopic (exact) mass is 284 g/mol. The Balaban J connectivity index is 2.18. The number of thioether (sulfide) groups is 1. The van der Waals surface area contributed by atoms with Crippen molar-refractivity contribution in [3.8, 4) is 11.8 Å². The van der Waals surface area contributed by atoms with E-state index in [9.17, 15) is 5.26 Å². The van der Waals surface area contributed by atoms with Crippen molar-refractivity contribution in [3.05, 3.63) is 60.2 Å². The molecule has 0 amide bonds. The average Bonchev–Trinajstić information content (AvgIpc) is 2.53. The molecule has 1 atom stereocenters. The maximum atomic E-state index is 9.42. The summed E-state index contributed by atoms with van der Waals surface area (Å²) in [5, 5.41) is 9.42. The largest absolute Gasteiger partial charge is 0.496 e. The zero-order valence-electron chi connectivity index (χ0n) is 11.2. The number of nitrogens with two attached hydrogens (primary N) is 1. The van der Waals surface area contributed by atoms with Crippen LogP contribution in [0, 0.1) is 11.3 Å².